The fourth-order valence-electron chi connectivity index (χ4n) is 13.3. The summed E-state index contributed by atoms with van der Waals surface area (Å²) in [4.78, 5) is 38.8. The Balaban J connectivity index is 1.22. The van der Waals surface area contributed by atoms with Gasteiger partial charge in [0.05, 0.1) is 17.4 Å². The number of carbonyl (C=O) groups is 3. The first-order valence-electron chi connectivity index (χ1n) is 20.5. The van der Waals surface area contributed by atoms with Gasteiger partial charge in [0.15, 0.2) is 5.78 Å². The summed E-state index contributed by atoms with van der Waals surface area (Å²) in [6.45, 7) is 20.5. The van der Waals surface area contributed by atoms with E-state index < -0.39 is 29.1 Å². The molecule has 0 spiro atoms. The number of ether oxygens (including phenoxy) is 1. The van der Waals surface area contributed by atoms with Crippen molar-refractivity contribution in [2.45, 2.75) is 152 Å². The molecule has 4 fully saturated rings. The van der Waals surface area contributed by atoms with Gasteiger partial charge in [-0.1, -0.05) is 72.2 Å². The molecule has 8 atom stereocenters. The van der Waals surface area contributed by atoms with Crippen molar-refractivity contribution in [3.8, 4) is 0 Å². The van der Waals surface area contributed by atoms with E-state index in [4.69, 9.17) is 4.74 Å². The Morgan fingerprint density at radius 3 is 2.30 bits per heavy atom. The average Bonchev–Trinajstić information content (AvgIpc) is 3.36. The molecule has 0 radical (unpaired) electrons. The van der Waals surface area contributed by atoms with Crippen molar-refractivity contribution in [1.82, 2.24) is 5.32 Å². The molecule has 1 aromatic carbocycles. The number of halogens is 3. The number of aliphatic carboxylic acids is 1. The molecule has 6 nitrogen and oxygen atoms in total. The molecule has 5 aliphatic carbocycles. The SMILES string of the molecule is CC(C)C1=C2[C@H]3CCC4[C@@]5(C)CC[C@H](OC(=O)CC(C)(C)C(=O)O)C(C)(C)C5CC[C@@]4(C)[C@]3(C)CC[C@@]2(CCNCc2cccc(C(F)(F)F)c2)CC1=O. The summed E-state index contributed by atoms with van der Waals surface area (Å²) in [6, 6.07) is 5.51. The topological polar surface area (TPSA) is 92.7 Å². The predicted molar refractivity (Wildman–Crippen MR) is 203 cm³/mol. The standard InChI is InChI=1S/C45H64F3NO5/c1-27(2)36-31(50)24-44(21-22-49-26-28-11-10-12-29(23-28)45(46,47)48)20-19-42(8)30(37(36)44)13-14-33-41(7)17-16-34(54-35(51)25-39(3,4)38(52)53)40(5,6)32(41)15-18-43(33,42)9/h10-12,23,27,30,32-34,49H,13-22,24-26H2,1-9H3,(H,52,53)/t30-,32?,33?,34+,41+,42-,43-,44-/m1/s1. The largest absolute Gasteiger partial charge is 0.481 e. The van der Waals surface area contributed by atoms with Crippen LogP contribution in [0, 0.1) is 56.2 Å². The van der Waals surface area contributed by atoms with Crippen LogP contribution in [-0.4, -0.2) is 35.5 Å². The van der Waals surface area contributed by atoms with Crippen LogP contribution in [0.1, 0.15) is 144 Å². The maximum absolute atomic E-state index is 14.0. The monoisotopic (exact) mass is 755 g/mol. The molecule has 5 aliphatic rings. The second kappa shape index (κ2) is 13.8. The number of hydrogen-bond donors (Lipinski definition) is 2. The van der Waals surface area contributed by atoms with Crippen LogP contribution in [-0.2, 0) is 31.8 Å². The molecule has 6 rings (SSSR count). The average molecular weight is 756 g/mol. The number of rotatable bonds is 10. The third kappa shape index (κ3) is 6.58. The van der Waals surface area contributed by atoms with Crippen LogP contribution in [0.4, 0.5) is 13.2 Å². The maximum Gasteiger partial charge on any atom is 0.416 e. The van der Waals surface area contributed by atoms with Gasteiger partial charge in [-0.15, -0.1) is 0 Å². The molecule has 0 aromatic heterocycles. The third-order valence-corrected chi connectivity index (χ3v) is 16.3. The van der Waals surface area contributed by atoms with Gasteiger partial charge < -0.3 is 15.2 Å². The Morgan fingerprint density at radius 1 is 0.944 bits per heavy atom. The molecule has 2 unspecified atom stereocenters. The zero-order valence-electron chi connectivity index (χ0n) is 34.1. The lowest BCUT2D eigenvalue weighted by Crippen LogP contribution is -2.65. The number of hydrogen-bond acceptors (Lipinski definition) is 5. The Kier molecular flexibility index (Phi) is 10.4. The highest BCUT2D eigenvalue weighted by Gasteiger charge is 2.70. The number of Topliss-reactive ketones (excluding diaryl/α,β-unsaturated/α-hetero) is 1. The summed E-state index contributed by atoms with van der Waals surface area (Å²) < 4.78 is 46.2. The number of fused-ring (bicyclic) bond motifs is 7. The number of carbonyl (C=O) groups excluding carboxylic acids is 2. The summed E-state index contributed by atoms with van der Waals surface area (Å²) in [5.74, 6) is 0.118. The first-order chi connectivity index (χ1) is 24.9. The molecule has 300 valence electrons. The van der Waals surface area contributed by atoms with Crippen molar-refractivity contribution < 1.29 is 37.4 Å². The van der Waals surface area contributed by atoms with E-state index in [0.717, 1.165) is 69.4 Å². The number of carboxylic acid groups (broad SMARTS) is 1. The molecule has 1 aromatic rings. The van der Waals surface area contributed by atoms with Crippen molar-refractivity contribution in [3.05, 3.63) is 46.5 Å². The highest BCUT2D eigenvalue weighted by Crippen LogP contribution is 2.77. The first kappa shape index (κ1) is 41.0. The molecule has 54 heavy (non-hydrogen) atoms. The molecular weight excluding hydrogens is 691 g/mol. The van der Waals surface area contributed by atoms with Crippen LogP contribution < -0.4 is 5.32 Å². The summed E-state index contributed by atoms with van der Waals surface area (Å²) >= 11 is 0. The van der Waals surface area contributed by atoms with Crippen LogP contribution in [0.3, 0.4) is 0 Å². The normalized spacial score (nSPS) is 36.3. The Morgan fingerprint density at radius 2 is 1.65 bits per heavy atom. The molecule has 0 saturated heterocycles. The van der Waals surface area contributed by atoms with E-state index in [1.807, 2.05) is 0 Å². The number of alkyl halides is 3. The molecule has 0 heterocycles. The molecule has 4 saturated carbocycles. The predicted octanol–water partition coefficient (Wildman–Crippen LogP) is 10.6. The molecule has 9 heteroatoms. The maximum atomic E-state index is 14.0. The van der Waals surface area contributed by atoms with Gasteiger partial charge in [-0.25, -0.2) is 0 Å². The van der Waals surface area contributed by atoms with Gasteiger partial charge in [0, 0.05) is 23.8 Å². The van der Waals surface area contributed by atoms with Crippen LogP contribution >= 0.6 is 0 Å². The van der Waals surface area contributed by atoms with Crippen LogP contribution in [0.15, 0.2) is 35.4 Å². The molecular formula is C45H64F3NO5. The first-order valence-corrected chi connectivity index (χ1v) is 20.5. The molecule has 2 N–H and O–H groups in total. The zero-order chi connectivity index (χ0) is 39.9. The van der Waals surface area contributed by atoms with Gasteiger partial charge in [0.25, 0.3) is 0 Å². The van der Waals surface area contributed by atoms with Crippen molar-refractivity contribution in [2.24, 2.45) is 56.2 Å². The van der Waals surface area contributed by atoms with E-state index in [9.17, 15) is 32.7 Å². The lowest BCUT2D eigenvalue weighted by molar-refractivity contribution is -0.233. The quantitative estimate of drug-likeness (QED) is 0.182. The lowest BCUT2D eigenvalue weighted by atomic mass is 9.33. The van der Waals surface area contributed by atoms with E-state index >= 15 is 0 Å². The third-order valence-electron chi connectivity index (χ3n) is 16.3. The summed E-state index contributed by atoms with van der Waals surface area (Å²) in [5, 5.41) is 13.0. The molecule has 0 bridgehead atoms. The van der Waals surface area contributed by atoms with Crippen molar-refractivity contribution in [3.63, 3.8) is 0 Å². The Hall–Kier alpha value is -2.68. The van der Waals surface area contributed by atoms with Gasteiger partial charge in [-0.2, -0.15) is 13.2 Å². The van der Waals surface area contributed by atoms with Crippen LogP contribution in [0.25, 0.3) is 0 Å². The van der Waals surface area contributed by atoms with Crippen LogP contribution in [0.2, 0.25) is 0 Å². The van der Waals surface area contributed by atoms with E-state index in [0.29, 0.717) is 42.8 Å². The highest BCUT2D eigenvalue weighted by molar-refractivity contribution is 6.00. The van der Waals surface area contributed by atoms with Gasteiger partial charge in [-0.05, 0) is 135 Å². The number of nitrogens with one attached hydrogen (secondary N) is 1. The van der Waals surface area contributed by atoms with Crippen molar-refractivity contribution in [1.29, 1.82) is 0 Å². The van der Waals surface area contributed by atoms with E-state index in [-0.39, 0.29) is 51.3 Å². The Labute approximate surface area is 320 Å². The Bertz CT molecular complexity index is 1700. The van der Waals surface area contributed by atoms with E-state index in [1.165, 1.54) is 17.7 Å². The van der Waals surface area contributed by atoms with Crippen molar-refractivity contribution >= 4 is 17.7 Å². The second-order valence-electron chi connectivity index (χ2n) is 20.3. The summed E-state index contributed by atoms with van der Waals surface area (Å²) in [7, 11) is 0. The number of benzene rings is 1. The van der Waals surface area contributed by atoms with Gasteiger partial charge in [0.2, 0.25) is 0 Å². The second-order valence-corrected chi connectivity index (χ2v) is 20.3. The van der Waals surface area contributed by atoms with E-state index in [2.05, 4.69) is 53.8 Å². The van der Waals surface area contributed by atoms with Gasteiger partial charge >= 0.3 is 18.1 Å². The highest BCUT2D eigenvalue weighted by atomic mass is 19.4. The minimum Gasteiger partial charge on any atom is -0.481 e. The smallest absolute Gasteiger partial charge is 0.416 e. The van der Waals surface area contributed by atoms with Gasteiger partial charge in [-0.3, -0.25) is 14.4 Å². The lowest BCUT2D eigenvalue weighted by Gasteiger charge is -2.72. The number of esters is 1. The van der Waals surface area contributed by atoms with Crippen LogP contribution in [0.5, 0.6) is 0 Å². The minimum absolute atomic E-state index is 0.00875. The number of ketones is 1. The fraction of sp³-hybridized carbons (Fsp3) is 0.756. The summed E-state index contributed by atoms with van der Waals surface area (Å²) in [5.41, 5.74) is 0.877. The number of allylic oxidation sites excluding steroid dienone is 2. The number of carboxylic acids is 1. The molecule has 0 amide bonds. The fourth-order valence-corrected chi connectivity index (χ4v) is 13.3. The van der Waals surface area contributed by atoms with Gasteiger partial charge in [0.1, 0.15) is 6.10 Å². The summed E-state index contributed by atoms with van der Waals surface area (Å²) in [6.07, 6.45) is 4.50. The zero-order valence-corrected chi connectivity index (χ0v) is 34.1. The molecule has 0 aliphatic heterocycles. The van der Waals surface area contributed by atoms with E-state index in [1.54, 1.807) is 19.9 Å². The minimum atomic E-state index is -4.38. The van der Waals surface area contributed by atoms with Crippen molar-refractivity contribution in [2.75, 3.05) is 6.54 Å².